The van der Waals surface area contributed by atoms with E-state index in [0.717, 1.165) is 17.0 Å². The van der Waals surface area contributed by atoms with E-state index in [2.05, 4.69) is 0 Å². The summed E-state index contributed by atoms with van der Waals surface area (Å²) >= 11 is 6.71. The van der Waals surface area contributed by atoms with Crippen LogP contribution >= 0.6 is 24.0 Å². The lowest BCUT2D eigenvalue weighted by Gasteiger charge is -2.14. The van der Waals surface area contributed by atoms with Crippen LogP contribution in [0.2, 0.25) is 0 Å². The number of amides is 1. The van der Waals surface area contributed by atoms with Crippen molar-refractivity contribution in [2.75, 3.05) is 32.3 Å². The van der Waals surface area contributed by atoms with Crippen LogP contribution in [0.4, 0.5) is 5.69 Å². The second-order valence-electron chi connectivity index (χ2n) is 7.14. The Hall–Kier alpha value is -3.49. The van der Waals surface area contributed by atoms with Gasteiger partial charge in [-0.25, -0.2) is 0 Å². The van der Waals surface area contributed by atoms with Crippen LogP contribution in [0.5, 0.6) is 23.0 Å². The summed E-state index contributed by atoms with van der Waals surface area (Å²) in [4.78, 5) is 15.0. The van der Waals surface area contributed by atoms with Gasteiger partial charge in [-0.15, -0.1) is 0 Å². The molecule has 0 radical (unpaired) electrons. The van der Waals surface area contributed by atoms with Gasteiger partial charge in [0.1, 0.15) is 24.7 Å². The Kier molecular flexibility index (Phi) is 7.72. The fourth-order valence-corrected chi connectivity index (χ4v) is 4.61. The Balaban J connectivity index is 1.40. The molecule has 3 aromatic carbocycles. The van der Waals surface area contributed by atoms with E-state index in [-0.39, 0.29) is 5.91 Å². The second-order valence-corrected chi connectivity index (χ2v) is 8.81. The maximum absolute atomic E-state index is 12.9. The summed E-state index contributed by atoms with van der Waals surface area (Å²) in [5.74, 6) is 2.45. The van der Waals surface area contributed by atoms with Crippen LogP contribution in [0.1, 0.15) is 5.56 Å². The summed E-state index contributed by atoms with van der Waals surface area (Å²) in [5.41, 5.74) is 1.57. The molecule has 1 aliphatic rings. The molecule has 1 saturated heterocycles. The van der Waals surface area contributed by atoms with E-state index >= 15 is 0 Å². The molecule has 8 heteroatoms. The summed E-state index contributed by atoms with van der Waals surface area (Å²) in [5, 5.41) is 0. The first kappa shape index (κ1) is 23.7. The van der Waals surface area contributed by atoms with Gasteiger partial charge in [0, 0.05) is 6.07 Å². The number of hydrogen-bond acceptors (Lipinski definition) is 7. The third-order valence-corrected chi connectivity index (χ3v) is 6.25. The largest absolute Gasteiger partial charge is 0.497 e. The molecule has 0 unspecified atom stereocenters. The molecule has 0 atom stereocenters. The van der Waals surface area contributed by atoms with E-state index in [4.69, 9.17) is 31.2 Å². The molecule has 0 N–H and O–H groups in total. The molecule has 1 aliphatic heterocycles. The molecule has 1 amide bonds. The zero-order chi connectivity index (χ0) is 23.9. The Morgan fingerprint density at radius 2 is 1.62 bits per heavy atom. The first-order chi connectivity index (χ1) is 16.6. The van der Waals surface area contributed by atoms with Crippen LogP contribution in [0.3, 0.4) is 0 Å². The highest BCUT2D eigenvalue weighted by Gasteiger charge is 2.33. The minimum absolute atomic E-state index is 0.143. The quantitative estimate of drug-likeness (QED) is 0.219. The van der Waals surface area contributed by atoms with Gasteiger partial charge in [0.25, 0.3) is 5.91 Å². The Labute approximate surface area is 208 Å². The second kappa shape index (κ2) is 11.1. The minimum Gasteiger partial charge on any atom is -0.497 e. The fourth-order valence-electron chi connectivity index (χ4n) is 3.31. The van der Waals surface area contributed by atoms with Crippen molar-refractivity contribution in [2.24, 2.45) is 0 Å². The van der Waals surface area contributed by atoms with E-state index in [0.29, 0.717) is 39.7 Å². The average Bonchev–Trinajstić information content (AvgIpc) is 3.15. The van der Waals surface area contributed by atoms with Gasteiger partial charge in [0.2, 0.25) is 0 Å². The number of hydrogen-bond donors (Lipinski definition) is 0. The number of thioether (sulfide) groups is 1. The third-order valence-electron chi connectivity index (χ3n) is 4.94. The number of carbonyl (C=O) groups excluding carboxylic acids is 1. The van der Waals surface area contributed by atoms with Crippen molar-refractivity contribution in [3.8, 4) is 23.0 Å². The van der Waals surface area contributed by atoms with Crippen LogP contribution < -0.4 is 23.8 Å². The lowest BCUT2D eigenvalue weighted by atomic mass is 10.2. The first-order valence-electron chi connectivity index (χ1n) is 10.5. The van der Waals surface area contributed by atoms with Gasteiger partial charge in [-0.2, -0.15) is 0 Å². The van der Waals surface area contributed by atoms with Crippen LogP contribution in [0.25, 0.3) is 6.08 Å². The highest BCUT2D eigenvalue weighted by molar-refractivity contribution is 8.27. The molecule has 4 rings (SSSR count). The average molecular weight is 494 g/mol. The minimum atomic E-state index is -0.143. The molecular weight excluding hydrogens is 470 g/mol. The zero-order valence-corrected chi connectivity index (χ0v) is 20.4. The number of ether oxygens (including phenoxy) is 4. The molecule has 6 nitrogen and oxygen atoms in total. The topological polar surface area (TPSA) is 57.2 Å². The number of rotatable bonds is 9. The van der Waals surface area contributed by atoms with Gasteiger partial charge in [-0.3, -0.25) is 9.69 Å². The SMILES string of the molecule is COc1cccc(OCCOc2ccc(C=C3SC(=S)N(c4ccccc4)C3=O)cc2OC)c1. The van der Waals surface area contributed by atoms with Crippen molar-refractivity contribution in [3.05, 3.63) is 83.3 Å². The number of anilines is 1. The highest BCUT2D eigenvalue weighted by Crippen LogP contribution is 2.37. The smallest absolute Gasteiger partial charge is 0.270 e. The Bertz CT molecular complexity index is 1210. The van der Waals surface area contributed by atoms with E-state index in [1.165, 1.54) is 11.8 Å². The molecule has 0 spiro atoms. The third kappa shape index (κ3) is 5.52. The Morgan fingerprint density at radius 1 is 0.853 bits per heavy atom. The first-order valence-corrected chi connectivity index (χ1v) is 11.7. The van der Waals surface area contributed by atoms with Gasteiger partial charge in [0.15, 0.2) is 15.8 Å². The van der Waals surface area contributed by atoms with Gasteiger partial charge in [-0.1, -0.05) is 54.3 Å². The summed E-state index contributed by atoms with van der Waals surface area (Å²) in [6, 6.07) is 22.3. The summed E-state index contributed by atoms with van der Waals surface area (Å²) in [6.45, 7) is 0.697. The summed E-state index contributed by atoms with van der Waals surface area (Å²) in [7, 11) is 3.19. The molecule has 0 bridgehead atoms. The predicted octanol–water partition coefficient (Wildman–Crippen LogP) is 5.57. The Morgan fingerprint density at radius 3 is 2.38 bits per heavy atom. The summed E-state index contributed by atoms with van der Waals surface area (Å²) < 4.78 is 22.7. The molecule has 34 heavy (non-hydrogen) atoms. The number of methoxy groups -OCH3 is 2. The van der Waals surface area contributed by atoms with E-state index < -0.39 is 0 Å². The van der Waals surface area contributed by atoms with Crippen molar-refractivity contribution in [1.82, 2.24) is 0 Å². The molecule has 0 aliphatic carbocycles. The predicted molar refractivity (Wildman–Crippen MR) is 139 cm³/mol. The number of benzene rings is 3. The fraction of sp³-hybridized carbons (Fsp3) is 0.154. The maximum atomic E-state index is 12.9. The van der Waals surface area contributed by atoms with Crippen molar-refractivity contribution >= 4 is 46.0 Å². The lowest BCUT2D eigenvalue weighted by Crippen LogP contribution is -2.27. The molecule has 174 valence electrons. The van der Waals surface area contributed by atoms with E-state index in [1.54, 1.807) is 25.2 Å². The zero-order valence-electron chi connectivity index (χ0n) is 18.7. The monoisotopic (exact) mass is 493 g/mol. The van der Waals surface area contributed by atoms with Gasteiger partial charge in [0.05, 0.1) is 24.8 Å². The van der Waals surface area contributed by atoms with Crippen LogP contribution in [-0.2, 0) is 4.79 Å². The van der Waals surface area contributed by atoms with Crippen molar-refractivity contribution in [1.29, 1.82) is 0 Å². The molecule has 0 saturated carbocycles. The van der Waals surface area contributed by atoms with E-state index in [1.807, 2.05) is 72.8 Å². The normalized spacial score (nSPS) is 14.4. The number of carbonyl (C=O) groups is 1. The lowest BCUT2D eigenvalue weighted by molar-refractivity contribution is -0.113. The molecular formula is C26H23NO5S2. The van der Waals surface area contributed by atoms with Gasteiger partial charge >= 0.3 is 0 Å². The molecule has 3 aromatic rings. The van der Waals surface area contributed by atoms with Gasteiger partial charge in [-0.05, 0) is 48.0 Å². The van der Waals surface area contributed by atoms with Crippen LogP contribution in [-0.4, -0.2) is 37.7 Å². The summed E-state index contributed by atoms with van der Waals surface area (Å²) in [6.07, 6.45) is 1.81. The standard InChI is InChI=1S/C26H23NO5S2/c1-29-20-9-6-10-21(17-20)31-13-14-32-22-12-11-18(15-23(22)30-2)16-24-25(28)27(26(33)34-24)19-7-4-3-5-8-19/h3-12,15-17H,13-14H2,1-2H3. The molecule has 1 fully saturated rings. The van der Waals surface area contributed by atoms with Crippen molar-refractivity contribution in [2.45, 2.75) is 0 Å². The van der Waals surface area contributed by atoms with E-state index in [9.17, 15) is 4.79 Å². The molecule has 0 aromatic heterocycles. The van der Waals surface area contributed by atoms with Crippen LogP contribution in [0, 0.1) is 0 Å². The highest BCUT2D eigenvalue weighted by atomic mass is 32.2. The maximum Gasteiger partial charge on any atom is 0.270 e. The van der Waals surface area contributed by atoms with Crippen LogP contribution in [0.15, 0.2) is 77.7 Å². The van der Waals surface area contributed by atoms with Gasteiger partial charge < -0.3 is 18.9 Å². The number of para-hydroxylation sites is 1. The number of nitrogens with zero attached hydrogens (tertiary/aromatic N) is 1. The number of thiocarbonyl (C=S) groups is 1. The van der Waals surface area contributed by atoms with Crippen molar-refractivity contribution < 1.29 is 23.7 Å². The van der Waals surface area contributed by atoms with Crippen molar-refractivity contribution in [3.63, 3.8) is 0 Å². The molecule has 1 heterocycles.